The van der Waals surface area contributed by atoms with Crippen molar-refractivity contribution in [3.8, 4) is 0 Å². The first-order valence-electron chi connectivity index (χ1n) is 12.5. The Morgan fingerprint density at radius 2 is 1.45 bits per heavy atom. The molecule has 1 aromatic heterocycles. The van der Waals surface area contributed by atoms with E-state index in [2.05, 4.69) is 20.9 Å². The number of carbonyl (C=O) groups excluding carboxylic acids is 3. The number of aromatic nitrogens is 1. The Morgan fingerprint density at radius 3 is 2.08 bits per heavy atom. The summed E-state index contributed by atoms with van der Waals surface area (Å²) in [7, 11) is 0. The van der Waals surface area contributed by atoms with Crippen LogP contribution in [0.25, 0.3) is 10.9 Å². The number of amides is 3. The van der Waals surface area contributed by atoms with E-state index >= 15 is 0 Å². The summed E-state index contributed by atoms with van der Waals surface area (Å²) >= 11 is 0. The van der Waals surface area contributed by atoms with Crippen molar-refractivity contribution in [1.29, 1.82) is 0 Å². The summed E-state index contributed by atoms with van der Waals surface area (Å²) in [4.78, 5) is 54.1. The molecule has 0 aliphatic rings. The number of H-pyrrole nitrogens is 1. The van der Waals surface area contributed by atoms with Crippen LogP contribution in [-0.4, -0.2) is 57.9 Å². The van der Waals surface area contributed by atoms with Crippen molar-refractivity contribution in [2.24, 2.45) is 11.7 Å². The largest absolute Gasteiger partial charge is 0.480 e. The van der Waals surface area contributed by atoms with Crippen molar-refractivity contribution >= 4 is 34.6 Å². The summed E-state index contributed by atoms with van der Waals surface area (Å²) in [5.41, 5.74) is 8.04. The van der Waals surface area contributed by atoms with E-state index in [1.165, 1.54) is 6.92 Å². The van der Waals surface area contributed by atoms with Gasteiger partial charge in [0, 0.05) is 29.9 Å². The topological polar surface area (TPSA) is 166 Å². The maximum absolute atomic E-state index is 13.5. The monoisotopic (exact) mass is 521 g/mol. The van der Waals surface area contributed by atoms with Crippen molar-refractivity contribution in [2.75, 3.05) is 0 Å². The van der Waals surface area contributed by atoms with E-state index in [0.717, 1.165) is 22.0 Å². The zero-order valence-corrected chi connectivity index (χ0v) is 21.7. The summed E-state index contributed by atoms with van der Waals surface area (Å²) in [5.74, 6) is -3.19. The van der Waals surface area contributed by atoms with E-state index in [9.17, 15) is 24.3 Å². The molecule has 2 aromatic carbocycles. The molecule has 3 aromatic rings. The fraction of sp³-hybridized carbons (Fsp3) is 0.357. The molecule has 4 atom stereocenters. The maximum atomic E-state index is 13.5. The molecule has 3 amide bonds. The second kappa shape index (κ2) is 12.9. The van der Waals surface area contributed by atoms with Gasteiger partial charge in [0.15, 0.2) is 0 Å². The van der Waals surface area contributed by atoms with Gasteiger partial charge in [-0.15, -0.1) is 0 Å². The Labute approximate surface area is 221 Å². The molecule has 0 aliphatic carbocycles. The summed E-state index contributed by atoms with van der Waals surface area (Å²) in [6.45, 7) is 5.04. The van der Waals surface area contributed by atoms with Crippen molar-refractivity contribution in [3.05, 3.63) is 71.9 Å². The molecule has 38 heavy (non-hydrogen) atoms. The van der Waals surface area contributed by atoms with E-state index in [-0.39, 0.29) is 18.8 Å². The Balaban J connectivity index is 1.86. The molecule has 0 saturated carbocycles. The first kappa shape index (κ1) is 28.4. The van der Waals surface area contributed by atoms with Gasteiger partial charge < -0.3 is 31.8 Å². The third-order valence-corrected chi connectivity index (χ3v) is 6.29. The number of carboxylic acid groups (broad SMARTS) is 1. The van der Waals surface area contributed by atoms with Gasteiger partial charge in [0.25, 0.3) is 0 Å². The summed E-state index contributed by atoms with van der Waals surface area (Å²) in [5, 5.41) is 18.6. The highest BCUT2D eigenvalue weighted by Gasteiger charge is 2.32. The molecule has 10 heteroatoms. The third kappa shape index (κ3) is 7.42. The van der Waals surface area contributed by atoms with Crippen LogP contribution in [0, 0.1) is 5.92 Å². The van der Waals surface area contributed by atoms with E-state index in [0.29, 0.717) is 0 Å². The fourth-order valence-electron chi connectivity index (χ4n) is 4.13. The summed E-state index contributed by atoms with van der Waals surface area (Å²) in [6.07, 6.45) is 1.94. The molecule has 0 radical (unpaired) electrons. The number of aliphatic carboxylic acids is 1. The van der Waals surface area contributed by atoms with Crippen LogP contribution in [0.5, 0.6) is 0 Å². The molecule has 0 aliphatic heterocycles. The predicted octanol–water partition coefficient (Wildman–Crippen LogP) is 1.50. The number of rotatable bonds is 12. The number of hydrogen-bond acceptors (Lipinski definition) is 5. The number of nitrogens with two attached hydrogens (primary N) is 1. The van der Waals surface area contributed by atoms with Crippen LogP contribution in [0.2, 0.25) is 0 Å². The van der Waals surface area contributed by atoms with Crippen LogP contribution in [0.3, 0.4) is 0 Å². The van der Waals surface area contributed by atoms with Crippen molar-refractivity contribution in [3.63, 3.8) is 0 Å². The van der Waals surface area contributed by atoms with E-state index in [4.69, 9.17) is 5.73 Å². The number of nitrogens with one attached hydrogen (secondary N) is 4. The minimum Gasteiger partial charge on any atom is -0.480 e. The van der Waals surface area contributed by atoms with Gasteiger partial charge in [0.1, 0.15) is 18.1 Å². The number of fused-ring (bicyclic) bond motifs is 1. The number of hydrogen-bond donors (Lipinski definition) is 6. The Kier molecular flexibility index (Phi) is 9.61. The minimum atomic E-state index is -1.20. The third-order valence-electron chi connectivity index (χ3n) is 6.29. The average molecular weight is 522 g/mol. The molecule has 10 nitrogen and oxygen atoms in total. The summed E-state index contributed by atoms with van der Waals surface area (Å²) < 4.78 is 0. The zero-order valence-electron chi connectivity index (χ0n) is 21.7. The highest BCUT2D eigenvalue weighted by molar-refractivity contribution is 5.95. The molecule has 0 saturated heterocycles. The molecular weight excluding hydrogens is 486 g/mol. The number of carbonyl (C=O) groups is 4. The SMILES string of the molecule is CC(N)C(=O)NC(C(=O)NC(Cc1c[nH]c2ccccc12)C(=O)NC(Cc1ccccc1)C(=O)O)C(C)C. The van der Waals surface area contributed by atoms with Crippen LogP contribution in [-0.2, 0) is 32.0 Å². The van der Waals surface area contributed by atoms with Gasteiger partial charge in [-0.05, 0) is 30.0 Å². The smallest absolute Gasteiger partial charge is 0.326 e. The van der Waals surface area contributed by atoms with Gasteiger partial charge in [-0.3, -0.25) is 14.4 Å². The Hall–Kier alpha value is -4.18. The van der Waals surface area contributed by atoms with Crippen LogP contribution in [0.4, 0.5) is 0 Å². The van der Waals surface area contributed by atoms with Gasteiger partial charge in [0.05, 0.1) is 6.04 Å². The number of benzene rings is 2. The van der Waals surface area contributed by atoms with E-state index in [1.807, 2.05) is 30.3 Å². The second-order valence-electron chi connectivity index (χ2n) is 9.73. The van der Waals surface area contributed by atoms with Gasteiger partial charge >= 0.3 is 5.97 Å². The second-order valence-corrected chi connectivity index (χ2v) is 9.73. The van der Waals surface area contributed by atoms with Gasteiger partial charge in [-0.25, -0.2) is 4.79 Å². The molecule has 0 spiro atoms. The average Bonchev–Trinajstić information content (AvgIpc) is 3.29. The van der Waals surface area contributed by atoms with E-state index < -0.39 is 47.9 Å². The van der Waals surface area contributed by atoms with Crippen LogP contribution in [0.1, 0.15) is 31.9 Å². The molecule has 0 fully saturated rings. The fourth-order valence-corrected chi connectivity index (χ4v) is 4.13. The lowest BCUT2D eigenvalue weighted by Gasteiger charge is -2.26. The van der Waals surface area contributed by atoms with Crippen molar-refractivity contribution < 1.29 is 24.3 Å². The molecule has 3 rings (SSSR count). The van der Waals surface area contributed by atoms with E-state index in [1.54, 1.807) is 44.3 Å². The van der Waals surface area contributed by atoms with Gasteiger partial charge in [0.2, 0.25) is 17.7 Å². The number of carboxylic acids is 1. The maximum Gasteiger partial charge on any atom is 0.326 e. The quantitative estimate of drug-likeness (QED) is 0.211. The Bertz CT molecular complexity index is 1270. The minimum absolute atomic E-state index is 0.0781. The lowest BCUT2D eigenvalue weighted by Crippen LogP contribution is -2.58. The molecule has 202 valence electrons. The predicted molar refractivity (Wildman–Crippen MR) is 144 cm³/mol. The standard InChI is InChI=1S/C28H35N5O5/c1-16(2)24(33-25(34)17(3)29)27(36)31-22(14-19-15-30-21-12-8-7-11-20(19)21)26(35)32-23(28(37)38)13-18-9-5-4-6-10-18/h4-12,15-17,22-24,30H,13-14,29H2,1-3H3,(H,31,36)(H,32,35)(H,33,34)(H,37,38). The number of para-hydroxylation sites is 1. The summed E-state index contributed by atoms with van der Waals surface area (Å²) in [6, 6.07) is 12.4. The first-order chi connectivity index (χ1) is 18.1. The first-order valence-corrected chi connectivity index (χ1v) is 12.5. The normalized spacial score (nSPS) is 14.3. The molecule has 7 N–H and O–H groups in total. The zero-order chi connectivity index (χ0) is 27.8. The highest BCUT2D eigenvalue weighted by Crippen LogP contribution is 2.19. The highest BCUT2D eigenvalue weighted by atomic mass is 16.4. The van der Waals surface area contributed by atoms with Crippen LogP contribution < -0.4 is 21.7 Å². The van der Waals surface area contributed by atoms with Crippen molar-refractivity contribution in [1.82, 2.24) is 20.9 Å². The Morgan fingerprint density at radius 1 is 0.816 bits per heavy atom. The molecular formula is C28H35N5O5. The molecule has 1 heterocycles. The lowest BCUT2D eigenvalue weighted by molar-refractivity contribution is -0.142. The van der Waals surface area contributed by atoms with Gasteiger partial charge in [-0.1, -0.05) is 62.4 Å². The van der Waals surface area contributed by atoms with Gasteiger partial charge in [-0.2, -0.15) is 0 Å². The lowest BCUT2D eigenvalue weighted by atomic mass is 9.99. The molecule has 0 bridgehead atoms. The number of aromatic amines is 1. The molecule has 4 unspecified atom stereocenters. The van der Waals surface area contributed by atoms with Crippen LogP contribution in [0.15, 0.2) is 60.8 Å². The van der Waals surface area contributed by atoms with Crippen molar-refractivity contribution in [2.45, 2.75) is 57.8 Å². The van der Waals surface area contributed by atoms with Crippen LogP contribution >= 0.6 is 0 Å².